The lowest BCUT2D eigenvalue weighted by molar-refractivity contribution is -0.109. The van der Waals surface area contributed by atoms with E-state index in [9.17, 15) is 32.7 Å². The first kappa shape index (κ1) is 41.7. The van der Waals surface area contributed by atoms with E-state index in [0.717, 1.165) is 12.7 Å². The van der Waals surface area contributed by atoms with Gasteiger partial charge >= 0.3 is 18.3 Å². The third-order valence-corrected chi connectivity index (χ3v) is 7.72. The molecule has 1 N–H and O–H groups in total. The quantitative estimate of drug-likeness (QED) is 0.329. The molecule has 3 heterocycles. The number of hydrogen-bond donors (Lipinski definition) is 1. The Kier molecular flexibility index (Phi) is 15.6. The highest BCUT2D eigenvalue weighted by Gasteiger charge is 2.33. The largest absolute Gasteiger partial charge is 0.444 e. The third kappa shape index (κ3) is 18.7. The number of rotatable bonds is 3. The van der Waals surface area contributed by atoms with Gasteiger partial charge < -0.3 is 34.0 Å². The molecule has 16 heteroatoms. The lowest BCUT2D eigenvalue weighted by Crippen LogP contribution is -2.36. The van der Waals surface area contributed by atoms with E-state index >= 15 is 0 Å². The average molecular weight is 698 g/mol. The van der Waals surface area contributed by atoms with Gasteiger partial charge in [0.25, 0.3) is 10.1 Å². The fourth-order valence-corrected chi connectivity index (χ4v) is 5.93. The van der Waals surface area contributed by atoms with Gasteiger partial charge in [-0.1, -0.05) is 11.8 Å². The summed E-state index contributed by atoms with van der Waals surface area (Å²) in [6.45, 7) is 20.9. The van der Waals surface area contributed by atoms with Crippen LogP contribution in [0.15, 0.2) is 0 Å². The van der Waals surface area contributed by atoms with Crippen LogP contribution in [0.4, 0.5) is 14.4 Å². The predicted octanol–water partition coefficient (Wildman–Crippen LogP) is 4.24. The van der Waals surface area contributed by atoms with E-state index in [2.05, 4.69) is 0 Å². The van der Waals surface area contributed by atoms with E-state index in [4.69, 9.17) is 18.4 Å². The number of thioether (sulfide) groups is 1. The Bertz CT molecular complexity index is 1140. The molecule has 14 nitrogen and oxygen atoms in total. The molecule has 3 aliphatic rings. The number of likely N-dealkylation sites (tertiary alicyclic amines) is 3. The molecule has 0 radical (unpaired) electrons. The molecular formula is C30H55N3O11S2. The van der Waals surface area contributed by atoms with E-state index in [1.807, 2.05) is 41.5 Å². The first-order chi connectivity index (χ1) is 20.7. The van der Waals surface area contributed by atoms with Crippen LogP contribution in [0.3, 0.4) is 0 Å². The Morgan fingerprint density at radius 1 is 0.674 bits per heavy atom. The van der Waals surface area contributed by atoms with E-state index in [1.54, 1.807) is 32.6 Å². The standard InChI is InChI=1S/C11H19NO3S.C10H19NO5S.C9H17NO3/c1-8(13)16-9-5-6-12(7-9)10(14)15-11(2,3)4;1-10(2,3)15-9(12)11-6-5-8(7-11)16-17(4,13)14;1-9(2,3)13-8(12)10-5-4-7(11)6-10/h9H,5-7H2,1-4H3;8H,5-7H2,1-4H3;7,11H,4-6H2,1-3H3/t9-;8-;7-/m011/s1. The molecule has 0 aromatic heterocycles. The van der Waals surface area contributed by atoms with Gasteiger partial charge in [-0.25, -0.2) is 14.4 Å². The number of aliphatic hydroxyl groups is 1. The number of carbonyl (C=O) groups excluding carboxylic acids is 4. The van der Waals surface area contributed by atoms with Crippen LogP contribution >= 0.6 is 11.8 Å². The Hall–Kier alpha value is -2.30. The van der Waals surface area contributed by atoms with Gasteiger partial charge in [-0.3, -0.25) is 8.98 Å². The van der Waals surface area contributed by atoms with Crippen molar-refractivity contribution in [3.63, 3.8) is 0 Å². The number of hydrogen-bond acceptors (Lipinski definition) is 12. The van der Waals surface area contributed by atoms with Crippen molar-refractivity contribution in [3.8, 4) is 0 Å². The van der Waals surface area contributed by atoms with Crippen molar-refractivity contribution in [2.75, 3.05) is 45.5 Å². The number of ether oxygens (including phenoxy) is 3. The van der Waals surface area contributed by atoms with Crippen LogP contribution in [-0.2, 0) is 33.3 Å². The molecule has 0 bridgehead atoms. The van der Waals surface area contributed by atoms with Gasteiger partial charge in [0.15, 0.2) is 5.12 Å². The lowest BCUT2D eigenvalue weighted by Gasteiger charge is -2.24. The molecule has 3 aliphatic heterocycles. The van der Waals surface area contributed by atoms with Crippen LogP contribution < -0.4 is 0 Å². The van der Waals surface area contributed by atoms with Crippen molar-refractivity contribution in [2.24, 2.45) is 0 Å². The van der Waals surface area contributed by atoms with Crippen LogP contribution in [0, 0.1) is 0 Å². The summed E-state index contributed by atoms with van der Waals surface area (Å²) in [4.78, 5) is 50.4. The second-order valence-corrected chi connectivity index (χ2v) is 17.5. The molecule has 0 aliphatic carbocycles. The summed E-state index contributed by atoms with van der Waals surface area (Å²) in [5.74, 6) is 0. The maximum atomic E-state index is 11.7. The zero-order chi connectivity index (χ0) is 35.7. The molecular weight excluding hydrogens is 642 g/mol. The molecule has 3 rings (SSSR count). The summed E-state index contributed by atoms with van der Waals surface area (Å²) in [5, 5.41) is 9.53. The summed E-state index contributed by atoms with van der Waals surface area (Å²) in [6, 6.07) is 0. The highest BCUT2D eigenvalue weighted by atomic mass is 32.2. The molecule has 0 saturated carbocycles. The molecule has 0 aromatic rings. The summed E-state index contributed by atoms with van der Waals surface area (Å²) in [5.41, 5.74) is -1.46. The number of carbonyl (C=O) groups is 4. The summed E-state index contributed by atoms with van der Waals surface area (Å²) in [6.07, 6.45) is 1.14. The fourth-order valence-electron chi connectivity index (χ4n) is 4.33. The van der Waals surface area contributed by atoms with Crippen LogP contribution in [0.25, 0.3) is 0 Å². The van der Waals surface area contributed by atoms with Crippen molar-refractivity contribution in [1.29, 1.82) is 0 Å². The van der Waals surface area contributed by atoms with E-state index in [1.165, 1.54) is 21.6 Å². The minimum Gasteiger partial charge on any atom is -0.444 e. The van der Waals surface area contributed by atoms with Crippen LogP contribution in [0.1, 0.15) is 88.5 Å². The Morgan fingerprint density at radius 3 is 1.43 bits per heavy atom. The zero-order valence-electron chi connectivity index (χ0n) is 29.3. The smallest absolute Gasteiger partial charge is 0.410 e. The normalized spacial score (nSPS) is 21.9. The molecule has 0 aromatic carbocycles. The van der Waals surface area contributed by atoms with Crippen LogP contribution in [0.5, 0.6) is 0 Å². The van der Waals surface area contributed by atoms with Crippen molar-refractivity contribution >= 4 is 45.3 Å². The van der Waals surface area contributed by atoms with Crippen molar-refractivity contribution in [1.82, 2.24) is 14.7 Å². The Morgan fingerprint density at radius 2 is 1.07 bits per heavy atom. The number of amides is 3. The van der Waals surface area contributed by atoms with Gasteiger partial charge in [0.2, 0.25) is 0 Å². The zero-order valence-corrected chi connectivity index (χ0v) is 30.9. The minimum absolute atomic E-state index is 0.107. The molecule has 3 atom stereocenters. The first-order valence-electron chi connectivity index (χ1n) is 15.4. The van der Waals surface area contributed by atoms with Gasteiger partial charge in [-0.2, -0.15) is 8.42 Å². The molecule has 3 saturated heterocycles. The topological polar surface area (TPSA) is 169 Å². The van der Waals surface area contributed by atoms with Gasteiger partial charge in [-0.05, 0) is 81.6 Å². The van der Waals surface area contributed by atoms with E-state index in [-0.39, 0.29) is 35.2 Å². The number of β-amino-alcohol motifs (C(OH)–C–C–N with tert-alkyl or cyclic N) is 1. The molecule has 0 spiro atoms. The second kappa shape index (κ2) is 17.2. The summed E-state index contributed by atoms with van der Waals surface area (Å²) < 4.78 is 42.3. The van der Waals surface area contributed by atoms with Gasteiger partial charge in [0, 0.05) is 44.9 Å². The predicted molar refractivity (Wildman–Crippen MR) is 175 cm³/mol. The number of aliphatic hydroxyl groups excluding tert-OH is 1. The summed E-state index contributed by atoms with van der Waals surface area (Å²) in [7, 11) is -3.47. The third-order valence-electron chi connectivity index (χ3n) is 6.05. The molecule has 268 valence electrons. The SMILES string of the molecule is CC(=O)S[C@H]1CCN(C(=O)OC(C)(C)C)C1.CC(C)(C)OC(=O)N1CC[C@@H](O)C1.CC(C)(C)OC(=O)N1CC[C@@H](OS(C)(=O)=O)C1. The Balaban J connectivity index is 0.000000348. The van der Waals surface area contributed by atoms with Gasteiger partial charge in [0.1, 0.15) is 16.8 Å². The molecule has 3 amide bonds. The second-order valence-electron chi connectivity index (χ2n) is 14.5. The molecule has 3 fully saturated rings. The highest BCUT2D eigenvalue weighted by Crippen LogP contribution is 2.24. The van der Waals surface area contributed by atoms with Crippen LogP contribution in [-0.4, -0.2) is 131 Å². The Labute approximate surface area is 278 Å². The first-order valence-corrected chi connectivity index (χ1v) is 18.1. The van der Waals surface area contributed by atoms with Crippen molar-refractivity contribution < 1.29 is 51.1 Å². The maximum absolute atomic E-state index is 11.7. The van der Waals surface area contributed by atoms with Gasteiger partial charge in [-0.15, -0.1) is 0 Å². The summed E-state index contributed by atoms with van der Waals surface area (Å²) >= 11 is 1.31. The van der Waals surface area contributed by atoms with E-state index < -0.39 is 39.1 Å². The monoisotopic (exact) mass is 697 g/mol. The average Bonchev–Trinajstić information content (AvgIpc) is 3.57. The van der Waals surface area contributed by atoms with Crippen molar-refractivity contribution in [3.05, 3.63) is 0 Å². The minimum atomic E-state index is -3.47. The highest BCUT2D eigenvalue weighted by molar-refractivity contribution is 8.14. The molecule has 46 heavy (non-hydrogen) atoms. The maximum Gasteiger partial charge on any atom is 0.410 e. The lowest BCUT2D eigenvalue weighted by atomic mass is 10.2. The van der Waals surface area contributed by atoms with Crippen LogP contribution in [0.2, 0.25) is 0 Å². The fraction of sp³-hybridized carbons (Fsp3) is 0.867. The van der Waals surface area contributed by atoms with Gasteiger partial charge in [0.05, 0.1) is 25.0 Å². The number of nitrogens with zero attached hydrogens (tertiary/aromatic N) is 3. The molecule has 0 unspecified atom stereocenters. The van der Waals surface area contributed by atoms with E-state index in [0.29, 0.717) is 45.6 Å². The van der Waals surface area contributed by atoms with Crippen molar-refractivity contribution in [2.45, 2.75) is 123 Å².